The molecule has 0 aromatic heterocycles. The molecule has 0 atom stereocenters. The molecular weight excluding hydrogens is 468 g/mol. The van der Waals surface area contributed by atoms with E-state index < -0.39 is 29.4 Å². The van der Waals surface area contributed by atoms with E-state index >= 15 is 0 Å². The van der Waals surface area contributed by atoms with Crippen LogP contribution < -0.4 is 5.32 Å². The van der Waals surface area contributed by atoms with Crippen molar-refractivity contribution >= 4 is 16.7 Å². The van der Waals surface area contributed by atoms with Crippen LogP contribution in [0.3, 0.4) is 0 Å². The third-order valence-corrected chi connectivity index (χ3v) is 5.72. The number of fused-ring (bicyclic) bond motifs is 1. The van der Waals surface area contributed by atoms with Crippen LogP contribution in [0.5, 0.6) is 0 Å². The molecule has 4 rings (SSSR count). The molecule has 1 amide bonds. The summed E-state index contributed by atoms with van der Waals surface area (Å²) in [5.41, 5.74) is -1.12. The lowest BCUT2D eigenvalue weighted by Gasteiger charge is -2.18. The Hall–Kier alpha value is -3.81. The fourth-order valence-electron chi connectivity index (χ4n) is 4.17. The van der Waals surface area contributed by atoms with Crippen molar-refractivity contribution in [3.05, 3.63) is 107 Å². The van der Waals surface area contributed by atoms with Crippen LogP contribution in [-0.2, 0) is 18.8 Å². The molecule has 180 valence electrons. The van der Waals surface area contributed by atoms with E-state index in [1.807, 2.05) is 30.3 Å². The number of benzene rings is 4. The Balaban J connectivity index is 1.95. The van der Waals surface area contributed by atoms with E-state index in [9.17, 15) is 31.1 Å². The first kappa shape index (κ1) is 24.3. The third-order valence-electron chi connectivity index (χ3n) is 5.72. The molecule has 0 aliphatic rings. The van der Waals surface area contributed by atoms with Crippen LogP contribution in [0.1, 0.15) is 32.6 Å². The normalized spacial score (nSPS) is 12.1. The second-order valence-electron chi connectivity index (χ2n) is 8.04. The van der Waals surface area contributed by atoms with Gasteiger partial charge in [0.2, 0.25) is 0 Å². The van der Waals surface area contributed by atoms with E-state index in [-0.39, 0.29) is 23.6 Å². The van der Waals surface area contributed by atoms with Gasteiger partial charge in [0.1, 0.15) is 0 Å². The lowest BCUT2D eigenvalue weighted by molar-refractivity contribution is -0.143. The van der Waals surface area contributed by atoms with Crippen LogP contribution in [0.4, 0.5) is 26.3 Å². The van der Waals surface area contributed by atoms with Gasteiger partial charge in [-0.25, -0.2) is 0 Å². The smallest absolute Gasteiger partial charge is 0.355 e. The maximum Gasteiger partial charge on any atom is 0.416 e. The van der Waals surface area contributed by atoms with Gasteiger partial charge in [0.25, 0.3) is 5.91 Å². The topological polar surface area (TPSA) is 29.1 Å². The highest BCUT2D eigenvalue weighted by Gasteiger charge is 2.37. The first-order chi connectivity index (χ1) is 16.5. The largest absolute Gasteiger partial charge is 0.416 e. The quantitative estimate of drug-likeness (QED) is 0.297. The summed E-state index contributed by atoms with van der Waals surface area (Å²) in [6.45, 7) is 0. The predicted molar refractivity (Wildman–Crippen MR) is 122 cm³/mol. The number of hydrogen-bond acceptors (Lipinski definition) is 1. The zero-order valence-corrected chi connectivity index (χ0v) is 18.4. The standard InChI is InChI=1S/C27H19F6NO/c1-34-25(35)23-11-5-8-18(24(23)22-10-4-7-17-6-2-3-9-21(17)22)12-16-13-19(26(28,29)30)15-20(14-16)27(31,32)33/h2-11,13-15H,12H2,1H3,(H,34,35). The van der Waals surface area contributed by atoms with Crippen molar-refractivity contribution in [1.29, 1.82) is 0 Å². The zero-order valence-electron chi connectivity index (χ0n) is 18.4. The van der Waals surface area contributed by atoms with Gasteiger partial charge in [0.05, 0.1) is 11.1 Å². The number of carbonyl (C=O) groups excluding carboxylic acids is 1. The summed E-state index contributed by atoms with van der Waals surface area (Å²) in [6, 6.07) is 19.1. The van der Waals surface area contributed by atoms with E-state index in [1.165, 1.54) is 7.05 Å². The average Bonchev–Trinajstić information content (AvgIpc) is 2.82. The summed E-state index contributed by atoms with van der Waals surface area (Å²) in [5.74, 6) is -0.421. The Labute approximate surface area is 197 Å². The Kier molecular flexibility index (Phi) is 6.32. The van der Waals surface area contributed by atoms with Crippen molar-refractivity contribution in [3.63, 3.8) is 0 Å². The van der Waals surface area contributed by atoms with Crippen molar-refractivity contribution in [2.75, 3.05) is 7.05 Å². The summed E-state index contributed by atoms with van der Waals surface area (Å²) in [6.07, 6.45) is -10.1. The minimum absolute atomic E-state index is 0.107. The minimum atomic E-state index is -4.95. The van der Waals surface area contributed by atoms with Gasteiger partial charge in [0, 0.05) is 12.6 Å². The van der Waals surface area contributed by atoms with E-state index in [2.05, 4.69) is 5.32 Å². The van der Waals surface area contributed by atoms with E-state index in [0.29, 0.717) is 28.8 Å². The lowest BCUT2D eigenvalue weighted by atomic mass is 9.87. The fraction of sp³-hybridized carbons (Fsp3) is 0.148. The van der Waals surface area contributed by atoms with Crippen LogP contribution in [-0.4, -0.2) is 13.0 Å². The SMILES string of the molecule is CNC(=O)c1cccc(Cc2cc(C(F)(F)F)cc(C(F)(F)F)c2)c1-c1cccc2ccccc12. The highest BCUT2D eigenvalue weighted by molar-refractivity contribution is 6.06. The molecule has 0 aliphatic carbocycles. The first-order valence-electron chi connectivity index (χ1n) is 10.6. The highest BCUT2D eigenvalue weighted by Crippen LogP contribution is 2.39. The van der Waals surface area contributed by atoms with Gasteiger partial charge in [-0.05, 0) is 63.7 Å². The maximum atomic E-state index is 13.4. The number of alkyl halides is 6. The second-order valence-corrected chi connectivity index (χ2v) is 8.04. The van der Waals surface area contributed by atoms with Gasteiger partial charge >= 0.3 is 12.4 Å². The van der Waals surface area contributed by atoms with Gasteiger partial charge < -0.3 is 5.32 Å². The molecule has 0 aliphatic heterocycles. The van der Waals surface area contributed by atoms with Crippen molar-refractivity contribution in [1.82, 2.24) is 5.32 Å². The Morgan fingerprint density at radius 2 is 1.37 bits per heavy atom. The molecule has 0 bridgehead atoms. The summed E-state index contributed by atoms with van der Waals surface area (Å²) in [7, 11) is 1.45. The predicted octanol–water partition coefficient (Wildman–Crippen LogP) is 7.49. The van der Waals surface area contributed by atoms with Gasteiger partial charge in [-0.2, -0.15) is 26.3 Å². The van der Waals surface area contributed by atoms with E-state index in [0.717, 1.165) is 10.8 Å². The monoisotopic (exact) mass is 487 g/mol. The Morgan fingerprint density at radius 3 is 2.00 bits per heavy atom. The fourth-order valence-corrected chi connectivity index (χ4v) is 4.17. The number of nitrogens with one attached hydrogen (secondary N) is 1. The molecule has 1 N–H and O–H groups in total. The number of rotatable bonds is 4. The lowest BCUT2D eigenvalue weighted by Crippen LogP contribution is -2.19. The molecule has 4 aromatic carbocycles. The molecule has 0 radical (unpaired) electrons. The minimum Gasteiger partial charge on any atom is -0.355 e. The number of carbonyl (C=O) groups is 1. The molecule has 0 unspecified atom stereocenters. The van der Waals surface area contributed by atoms with Gasteiger partial charge in [-0.3, -0.25) is 4.79 Å². The third kappa shape index (κ3) is 5.01. The molecule has 0 fully saturated rings. The Bertz CT molecular complexity index is 1370. The molecule has 0 heterocycles. The number of amides is 1. The molecular formula is C27H19F6NO. The summed E-state index contributed by atoms with van der Waals surface area (Å²) < 4.78 is 80.3. The summed E-state index contributed by atoms with van der Waals surface area (Å²) in [5, 5.41) is 4.23. The van der Waals surface area contributed by atoms with Crippen LogP contribution in [0.2, 0.25) is 0 Å². The number of hydrogen-bond donors (Lipinski definition) is 1. The molecule has 2 nitrogen and oxygen atoms in total. The van der Waals surface area contributed by atoms with Crippen LogP contribution >= 0.6 is 0 Å². The van der Waals surface area contributed by atoms with Gasteiger partial charge in [-0.15, -0.1) is 0 Å². The highest BCUT2D eigenvalue weighted by atomic mass is 19.4. The molecule has 4 aromatic rings. The molecule has 0 saturated carbocycles. The van der Waals surface area contributed by atoms with E-state index in [1.54, 1.807) is 30.3 Å². The molecule has 0 saturated heterocycles. The molecule has 35 heavy (non-hydrogen) atoms. The van der Waals surface area contributed by atoms with Crippen LogP contribution in [0.25, 0.3) is 21.9 Å². The molecule has 8 heteroatoms. The van der Waals surface area contributed by atoms with Crippen molar-refractivity contribution < 1.29 is 31.1 Å². The Morgan fingerprint density at radius 1 is 0.771 bits per heavy atom. The van der Waals surface area contributed by atoms with Crippen molar-refractivity contribution in [2.45, 2.75) is 18.8 Å². The number of halogens is 6. The van der Waals surface area contributed by atoms with Gasteiger partial charge in [0.15, 0.2) is 0 Å². The van der Waals surface area contributed by atoms with Crippen LogP contribution in [0, 0.1) is 0 Å². The first-order valence-corrected chi connectivity index (χ1v) is 10.6. The van der Waals surface area contributed by atoms with E-state index in [4.69, 9.17) is 0 Å². The van der Waals surface area contributed by atoms with Crippen molar-refractivity contribution in [3.8, 4) is 11.1 Å². The maximum absolute atomic E-state index is 13.4. The molecule has 0 spiro atoms. The van der Waals surface area contributed by atoms with Gasteiger partial charge in [-0.1, -0.05) is 54.6 Å². The zero-order chi connectivity index (χ0) is 25.4. The average molecular weight is 487 g/mol. The second kappa shape index (κ2) is 9.09. The van der Waals surface area contributed by atoms with Crippen molar-refractivity contribution in [2.24, 2.45) is 0 Å². The summed E-state index contributed by atoms with van der Waals surface area (Å²) >= 11 is 0. The van der Waals surface area contributed by atoms with Crippen LogP contribution in [0.15, 0.2) is 78.9 Å². The summed E-state index contributed by atoms with van der Waals surface area (Å²) in [4.78, 5) is 12.7.